The van der Waals surface area contributed by atoms with E-state index in [0.717, 1.165) is 0 Å². The summed E-state index contributed by atoms with van der Waals surface area (Å²) in [4.78, 5) is 39.2. The maximum Gasteiger partial charge on any atom is 0.336 e. The van der Waals surface area contributed by atoms with Crippen LogP contribution in [0.5, 0.6) is 0 Å². The second-order valence-corrected chi connectivity index (χ2v) is 9.08. The lowest BCUT2D eigenvalue weighted by Gasteiger charge is -2.38. The smallest absolute Gasteiger partial charge is 0.336 e. The fourth-order valence-electron chi connectivity index (χ4n) is 4.44. The van der Waals surface area contributed by atoms with Crippen molar-refractivity contribution >= 4 is 29.3 Å². The van der Waals surface area contributed by atoms with Crippen LogP contribution in [0.15, 0.2) is 46.8 Å². The molecule has 7 nitrogen and oxygen atoms in total. The third kappa shape index (κ3) is 5.31. The fraction of sp³-hybridized carbons (Fsp3) is 0.480. The Labute approximate surface area is 199 Å². The van der Waals surface area contributed by atoms with Gasteiger partial charge in [-0.15, -0.1) is 0 Å². The van der Waals surface area contributed by atoms with E-state index in [1.54, 1.807) is 31.2 Å². The second kappa shape index (κ2) is 10.5. The first-order valence-electron chi connectivity index (χ1n) is 11.0. The van der Waals surface area contributed by atoms with Gasteiger partial charge in [0.05, 0.1) is 25.4 Å². The molecule has 0 unspecified atom stereocenters. The molecule has 0 aromatic heterocycles. The molecule has 1 aromatic carbocycles. The average Bonchev–Trinajstić information content (AvgIpc) is 2.75. The van der Waals surface area contributed by atoms with E-state index in [0.29, 0.717) is 39.5 Å². The number of dihydropyridines is 1. The number of hydrogen-bond acceptors (Lipinski definition) is 7. The molecule has 0 radical (unpaired) electrons. The highest BCUT2D eigenvalue weighted by molar-refractivity contribution is 6.30. The number of methoxy groups -OCH3 is 1. The zero-order valence-electron chi connectivity index (χ0n) is 19.6. The predicted molar refractivity (Wildman–Crippen MR) is 123 cm³/mol. The summed E-state index contributed by atoms with van der Waals surface area (Å²) in [6.45, 7) is 7.79. The number of carbonyl (C=O) groups is 3. The first-order valence-corrected chi connectivity index (χ1v) is 11.4. The Bertz CT molecular complexity index is 995. The van der Waals surface area contributed by atoms with Gasteiger partial charge in [-0.25, -0.2) is 4.79 Å². The number of Topliss-reactive ketones (excluding diaryl/α,β-unsaturated/α-hetero) is 1. The zero-order valence-corrected chi connectivity index (χ0v) is 20.3. The Morgan fingerprint density at radius 1 is 1.18 bits per heavy atom. The normalized spacial score (nSPS) is 22.8. The van der Waals surface area contributed by atoms with Crippen LogP contribution in [0, 0.1) is 11.8 Å². The first-order chi connectivity index (χ1) is 15.6. The summed E-state index contributed by atoms with van der Waals surface area (Å²) in [7, 11) is 1.27. The zero-order chi connectivity index (χ0) is 24.3. The summed E-state index contributed by atoms with van der Waals surface area (Å²) < 4.78 is 15.9. The Morgan fingerprint density at radius 3 is 2.45 bits per heavy atom. The Morgan fingerprint density at radius 2 is 1.85 bits per heavy atom. The highest BCUT2D eigenvalue weighted by atomic mass is 35.5. The number of ketones is 1. The molecule has 1 aliphatic heterocycles. The van der Waals surface area contributed by atoms with Crippen molar-refractivity contribution in [1.29, 1.82) is 0 Å². The molecule has 2 aliphatic rings. The number of rotatable bonds is 7. The number of halogens is 1. The third-order valence-electron chi connectivity index (χ3n) is 5.93. The molecule has 0 saturated heterocycles. The molecule has 1 aliphatic carbocycles. The maximum absolute atomic E-state index is 13.6. The van der Waals surface area contributed by atoms with Crippen LogP contribution < -0.4 is 5.32 Å². The van der Waals surface area contributed by atoms with E-state index in [-0.39, 0.29) is 31.0 Å². The molecule has 0 amide bonds. The van der Waals surface area contributed by atoms with Crippen LogP contribution in [-0.4, -0.2) is 44.1 Å². The highest BCUT2D eigenvalue weighted by Crippen LogP contribution is 2.45. The minimum atomic E-state index is -0.930. The molecule has 1 heterocycles. The molecule has 0 fully saturated rings. The summed E-state index contributed by atoms with van der Waals surface area (Å²) in [5.41, 5.74) is 2.75. The SMILES string of the molecule is COC(=O)[C@@H]1C(=O)C2=C(C[C@@H]1C)NC(C)=C(C(=O)OCCOC(C)C)[C@@H]2c1ccc(Cl)cc1. The van der Waals surface area contributed by atoms with Crippen molar-refractivity contribution < 1.29 is 28.6 Å². The molecule has 8 heteroatoms. The lowest BCUT2D eigenvalue weighted by molar-refractivity contribution is -0.151. The predicted octanol–water partition coefficient (Wildman–Crippen LogP) is 3.92. The Balaban J connectivity index is 2.02. The fourth-order valence-corrected chi connectivity index (χ4v) is 4.56. The summed E-state index contributed by atoms with van der Waals surface area (Å²) in [5.74, 6) is -3.32. The van der Waals surface area contributed by atoms with Crippen LogP contribution >= 0.6 is 11.6 Å². The number of hydrogen-bond donors (Lipinski definition) is 1. The molecular formula is C25H30ClNO6. The number of allylic oxidation sites excluding steroid dienone is 3. The molecule has 1 aromatic rings. The largest absolute Gasteiger partial charge is 0.468 e. The van der Waals surface area contributed by atoms with E-state index in [1.165, 1.54) is 7.11 Å². The average molecular weight is 476 g/mol. The van der Waals surface area contributed by atoms with Gasteiger partial charge in [-0.2, -0.15) is 0 Å². The Kier molecular flexibility index (Phi) is 7.97. The number of nitrogens with one attached hydrogen (secondary N) is 1. The van der Waals surface area contributed by atoms with Gasteiger partial charge in [-0.3, -0.25) is 9.59 Å². The topological polar surface area (TPSA) is 90.9 Å². The van der Waals surface area contributed by atoms with Crippen LogP contribution in [0.2, 0.25) is 5.02 Å². The summed E-state index contributed by atoms with van der Waals surface area (Å²) >= 11 is 6.09. The van der Waals surface area contributed by atoms with Gasteiger partial charge in [0.15, 0.2) is 5.78 Å². The quantitative estimate of drug-likeness (QED) is 0.363. The second-order valence-electron chi connectivity index (χ2n) is 8.64. The van der Waals surface area contributed by atoms with Crippen LogP contribution in [0.3, 0.4) is 0 Å². The van der Waals surface area contributed by atoms with Crippen LogP contribution in [-0.2, 0) is 28.6 Å². The lowest BCUT2D eigenvalue weighted by atomic mass is 9.69. The summed E-state index contributed by atoms with van der Waals surface area (Å²) in [6.07, 6.45) is 0.500. The van der Waals surface area contributed by atoms with Gasteiger partial charge in [0, 0.05) is 27.9 Å². The lowest BCUT2D eigenvalue weighted by Crippen LogP contribution is -2.43. The van der Waals surface area contributed by atoms with Gasteiger partial charge >= 0.3 is 11.9 Å². The van der Waals surface area contributed by atoms with Crippen molar-refractivity contribution in [2.24, 2.45) is 11.8 Å². The van der Waals surface area contributed by atoms with E-state index in [4.69, 9.17) is 25.8 Å². The molecule has 33 heavy (non-hydrogen) atoms. The molecule has 0 bridgehead atoms. The minimum Gasteiger partial charge on any atom is -0.468 e. The highest BCUT2D eigenvalue weighted by Gasteiger charge is 2.47. The molecule has 3 rings (SSSR count). The molecular weight excluding hydrogens is 446 g/mol. The molecule has 0 saturated carbocycles. The van der Waals surface area contributed by atoms with Crippen molar-refractivity contribution in [2.45, 2.75) is 46.1 Å². The van der Waals surface area contributed by atoms with E-state index in [9.17, 15) is 14.4 Å². The standard InChI is InChI=1S/C25H30ClNO6/c1-13(2)32-10-11-33-25(30)20-15(4)27-18-12-14(3)19(24(29)31-5)23(28)22(18)21(20)16-6-8-17(26)9-7-16/h6-9,13-14,19,21,27H,10-12H2,1-5H3/t14-,19-,21-/m0/s1. The number of esters is 2. The number of benzene rings is 1. The summed E-state index contributed by atoms with van der Waals surface area (Å²) in [6, 6.07) is 6.98. The maximum atomic E-state index is 13.6. The molecule has 3 atom stereocenters. The summed E-state index contributed by atoms with van der Waals surface area (Å²) in [5, 5.41) is 3.77. The van der Waals surface area contributed by atoms with Crippen molar-refractivity contribution in [3.8, 4) is 0 Å². The van der Waals surface area contributed by atoms with Crippen molar-refractivity contribution in [2.75, 3.05) is 20.3 Å². The third-order valence-corrected chi connectivity index (χ3v) is 6.19. The minimum absolute atomic E-state index is 0.0210. The number of ether oxygens (including phenoxy) is 3. The Hall–Kier alpha value is -2.64. The van der Waals surface area contributed by atoms with Crippen LogP contribution in [0.25, 0.3) is 0 Å². The molecule has 178 valence electrons. The monoisotopic (exact) mass is 475 g/mol. The molecule has 0 spiro atoms. The van der Waals surface area contributed by atoms with E-state index < -0.39 is 23.8 Å². The van der Waals surface area contributed by atoms with Crippen LogP contribution in [0.4, 0.5) is 0 Å². The molecule has 1 N–H and O–H groups in total. The van der Waals surface area contributed by atoms with Crippen LogP contribution in [0.1, 0.15) is 45.6 Å². The van der Waals surface area contributed by atoms with Crippen molar-refractivity contribution in [1.82, 2.24) is 5.32 Å². The van der Waals surface area contributed by atoms with Gasteiger partial charge < -0.3 is 19.5 Å². The first kappa shape index (κ1) is 25.0. The number of carbonyl (C=O) groups excluding carboxylic acids is 3. The van der Waals surface area contributed by atoms with Crippen molar-refractivity contribution in [3.63, 3.8) is 0 Å². The van der Waals surface area contributed by atoms with E-state index >= 15 is 0 Å². The van der Waals surface area contributed by atoms with Gasteiger partial charge in [-0.05, 0) is 50.8 Å². The van der Waals surface area contributed by atoms with Gasteiger partial charge in [0.1, 0.15) is 12.5 Å². The van der Waals surface area contributed by atoms with Gasteiger partial charge in [-0.1, -0.05) is 30.7 Å². The van der Waals surface area contributed by atoms with E-state index in [1.807, 2.05) is 20.8 Å². The van der Waals surface area contributed by atoms with E-state index in [2.05, 4.69) is 5.32 Å². The van der Waals surface area contributed by atoms with Gasteiger partial charge in [0.25, 0.3) is 0 Å². The van der Waals surface area contributed by atoms with Crippen molar-refractivity contribution in [3.05, 3.63) is 57.4 Å². The van der Waals surface area contributed by atoms with Gasteiger partial charge in [0.2, 0.25) is 0 Å².